The van der Waals surface area contributed by atoms with Crippen LogP contribution in [0, 0.1) is 17.8 Å². The molecule has 1 amide bonds. The first-order chi connectivity index (χ1) is 18.1. The predicted molar refractivity (Wildman–Crippen MR) is 145 cm³/mol. The van der Waals surface area contributed by atoms with E-state index in [0.29, 0.717) is 23.1 Å². The number of rotatable bonds is 6. The van der Waals surface area contributed by atoms with Crippen molar-refractivity contribution in [1.82, 2.24) is 24.0 Å². The number of carbonyl (C=O) groups is 1. The Morgan fingerprint density at radius 1 is 1.08 bits per heavy atom. The molecule has 37 heavy (non-hydrogen) atoms. The molecule has 3 fully saturated rings. The van der Waals surface area contributed by atoms with Crippen LogP contribution in [0.15, 0.2) is 36.5 Å². The fraction of sp³-hybridized carbons (Fsp3) is 0.500. The van der Waals surface area contributed by atoms with Gasteiger partial charge in [-0.2, -0.15) is 0 Å². The number of fused-ring (bicyclic) bond motifs is 3. The summed E-state index contributed by atoms with van der Waals surface area (Å²) in [6, 6.07) is 10.2. The Morgan fingerprint density at radius 2 is 1.95 bits per heavy atom. The second-order valence-electron chi connectivity index (χ2n) is 11.2. The number of methoxy groups -OCH3 is 1. The van der Waals surface area contributed by atoms with Crippen molar-refractivity contribution in [3.63, 3.8) is 0 Å². The zero-order chi connectivity index (χ0) is 25.1. The van der Waals surface area contributed by atoms with Gasteiger partial charge in [0.05, 0.1) is 18.3 Å². The van der Waals surface area contributed by atoms with Crippen LogP contribution < -0.4 is 4.74 Å². The third-order valence-corrected chi connectivity index (χ3v) is 8.94. The number of carbonyl (C=O) groups excluding carboxylic acids is 1. The normalized spacial score (nSPS) is 21.6. The summed E-state index contributed by atoms with van der Waals surface area (Å²) in [5.41, 5.74) is 4.52. The van der Waals surface area contributed by atoms with Crippen LogP contribution in [0.5, 0.6) is 5.75 Å². The number of aromatic nitrogens is 4. The minimum atomic E-state index is 0.102. The lowest BCUT2D eigenvalue weighted by Gasteiger charge is -2.35. The van der Waals surface area contributed by atoms with E-state index in [0.717, 1.165) is 72.1 Å². The van der Waals surface area contributed by atoms with E-state index in [-0.39, 0.29) is 5.91 Å². The molecule has 1 aliphatic heterocycles. The average Bonchev–Trinajstić information content (AvgIpc) is 3.33. The molecule has 7 rings (SSSR count). The number of imidazole rings is 1. The molecule has 7 nitrogen and oxygen atoms in total. The summed E-state index contributed by atoms with van der Waals surface area (Å²) >= 11 is 0. The second kappa shape index (κ2) is 8.89. The van der Waals surface area contributed by atoms with Gasteiger partial charge in [0.1, 0.15) is 16.9 Å². The zero-order valence-corrected chi connectivity index (χ0v) is 21.8. The molecule has 4 heterocycles. The van der Waals surface area contributed by atoms with Crippen molar-refractivity contribution >= 4 is 28.0 Å². The number of likely N-dealkylation sites (tertiary alicyclic amines) is 1. The van der Waals surface area contributed by atoms with E-state index >= 15 is 0 Å². The molecule has 7 heteroatoms. The number of hydrogen-bond acceptors (Lipinski definition) is 4. The predicted octanol–water partition coefficient (Wildman–Crippen LogP) is 5.75. The molecule has 2 atom stereocenters. The van der Waals surface area contributed by atoms with E-state index in [4.69, 9.17) is 14.7 Å². The number of piperidine rings is 1. The van der Waals surface area contributed by atoms with Crippen LogP contribution >= 0.6 is 0 Å². The molecule has 0 spiro atoms. The lowest BCUT2D eigenvalue weighted by molar-refractivity contribution is 0.0627. The Balaban J connectivity index is 1.33. The summed E-state index contributed by atoms with van der Waals surface area (Å²) in [5, 5.41) is 1.13. The van der Waals surface area contributed by atoms with E-state index in [1.54, 1.807) is 7.11 Å². The van der Waals surface area contributed by atoms with Crippen LogP contribution in [-0.2, 0) is 13.1 Å². The first-order valence-electron chi connectivity index (χ1n) is 14.0. The summed E-state index contributed by atoms with van der Waals surface area (Å²) in [6.07, 6.45) is 9.43. The standard InChI is InChI=1S/C30H35N5O2/c1-3-34-27-24(32-29(34)25-15-21-8-5-12-31-28(21)35(25)17-19-9-10-19)14-23(16-26(27)37-2)30(36)33-13-11-20-6-4-7-22(20)18-33/h5,8,12,14-16,19-20,22H,3-4,6-7,9-11,13,17-18H2,1-2H3/t20-,22+/m0/s1. The SMILES string of the molecule is CCn1c(-c2cc3cccnc3n2CC2CC2)nc2cc(C(=O)N3CC[C@@H]4CCC[C@@H]4C3)cc(OC)c21. The van der Waals surface area contributed by atoms with E-state index in [1.165, 1.54) is 32.1 Å². The average molecular weight is 498 g/mol. The molecular weight excluding hydrogens is 462 g/mol. The van der Waals surface area contributed by atoms with E-state index in [9.17, 15) is 4.79 Å². The fourth-order valence-corrected chi connectivity index (χ4v) is 6.83. The first-order valence-corrected chi connectivity index (χ1v) is 14.0. The number of hydrogen-bond donors (Lipinski definition) is 0. The third kappa shape index (κ3) is 3.82. The highest BCUT2D eigenvalue weighted by Gasteiger charge is 2.35. The molecule has 0 unspecified atom stereocenters. The van der Waals surface area contributed by atoms with E-state index in [2.05, 4.69) is 33.1 Å². The fourth-order valence-electron chi connectivity index (χ4n) is 6.83. The van der Waals surface area contributed by atoms with E-state index < -0.39 is 0 Å². The van der Waals surface area contributed by atoms with Gasteiger partial charge in [0, 0.05) is 43.3 Å². The van der Waals surface area contributed by atoms with Crippen molar-refractivity contribution in [2.45, 2.75) is 58.5 Å². The van der Waals surface area contributed by atoms with Gasteiger partial charge >= 0.3 is 0 Å². The molecule has 3 aliphatic rings. The van der Waals surface area contributed by atoms with Crippen LogP contribution in [0.1, 0.15) is 55.8 Å². The molecule has 4 aromatic rings. The zero-order valence-electron chi connectivity index (χ0n) is 21.8. The van der Waals surface area contributed by atoms with Crippen molar-refractivity contribution in [3.05, 3.63) is 42.1 Å². The van der Waals surface area contributed by atoms with Crippen LogP contribution in [-0.4, -0.2) is 50.1 Å². The molecule has 3 aromatic heterocycles. The van der Waals surface area contributed by atoms with Crippen molar-refractivity contribution in [2.75, 3.05) is 20.2 Å². The van der Waals surface area contributed by atoms with Gasteiger partial charge in [0.25, 0.3) is 5.91 Å². The second-order valence-corrected chi connectivity index (χ2v) is 11.2. The number of amides is 1. The lowest BCUT2D eigenvalue weighted by Crippen LogP contribution is -2.42. The highest BCUT2D eigenvalue weighted by molar-refractivity contribution is 6.00. The van der Waals surface area contributed by atoms with Crippen LogP contribution in [0.4, 0.5) is 0 Å². The summed E-state index contributed by atoms with van der Waals surface area (Å²) in [5.74, 6) is 3.90. The Labute approximate surface area is 217 Å². The summed E-state index contributed by atoms with van der Waals surface area (Å²) < 4.78 is 10.4. The van der Waals surface area contributed by atoms with Gasteiger partial charge in [0.2, 0.25) is 0 Å². The van der Waals surface area contributed by atoms with Gasteiger partial charge in [0.15, 0.2) is 5.82 Å². The van der Waals surface area contributed by atoms with Gasteiger partial charge < -0.3 is 18.8 Å². The van der Waals surface area contributed by atoms with Crippen molar-refractivity contribution in [1.29, 1.82) is 0 Å². The third-order valence-electron chi connectivity index (χ3n) is 8.94. The maximum atomic E-state index is 13.7. The van der Waals surface area contributed by atoms with Crippen LogP contribution in [0.25, 0.3) is 33.6 Å². The van der Waals surface area contributed by atoms with Crippen LogP contribution in [0.2, 0.25) is 0 Å². The monoisotopic (exact) mass is 497 g/mol. The van der Waals surface area contributed by atoms with Crippen molar-refractivity contribution in [3.8, 4) is 17.3 Å². The Kier molecular flexibility index (Phi) is 5.48. The van der Waals surface area contributed by atoms with Gasteiger partial charge in [-0.25, -0.2) is 9.97 Å². The smallest absolute Gasteiger partial charge is 0.254 e. The van der Waals surface area contributed by atoms with Gasteiger partial charge in [-0.1, -0.05) is 12.8 Å². The molecule has 2 saturated carbocycles. The van der Waals surface area contributed by atoms with Gasteiger partial charge in [-0.05, 0) is 80.7 Å². The minimum absolute atomic E-state index is 0.102. The Morgan fingerprint density at radius 3 is 2.76 bits per heavy atom. The highest BCUT2D eigenvalue weighted by atomic mass is 16.5. The number of pyridine rings is 1. The lowest BCUT2D eigenvalue weighted by atomic mass is 9.88. The summed E-state index contributed by atoms with van der Waals surface area (Å²) in [4.78, 5) is 25.6. The van der Waals surface area contributed by atoms with Crippen molar-refractivity contribution in [2.24, 2.45) is 17.8 Å². The maximum Gasteiger partial charge on any atom is 0.254 e. The number of nitrogens with zero attached hydrogens (tertiary/aromatic N) is 5. The Bertz CT molecular complexity index is 1500. The molecule has 0 radical (unpaired) electrons. The van der Waals surface area contributed by atoms with Crippen LogP contribution in [0.3, 0.4) is 0 Å². The minimum Gasteiger partial charge on any atom is -0.494 e. The molecule has 1 aromatic carbocycles. The molecule has 0 bridgehead atoms. The highest BCUT2D eigenvalue weighted by Crippen LogP contribution is 2.40. The molecule has 192 valence electrons. The molecular formula is C30H35N5O2. The quantitative estimate of drug-likeness (QED) is 0.340. The van der Waals surface area contributed by atoms with Crippen molar-refractivity contribution < 1.29 is 9.53 Å². The largest absolute Gasteiger partial charge is 0.494 e. The topological polar surface area (TPSA) is 65.2 Å². The Hall–Kier alpha value is -3.35. The maximum absolute atomic E-state index is 13.7. The number of ether oxygens (including phenoxy) is 1. The summed E-state index contributed by atoms with van der Waals surface area (Å²) in [7, 11) is 1.69. The summed E-state index contributed by atoms with van der Waals surface area (Å²) in [6.45, 7) is 5.58. The first kappa shape index (κ1) is 22.8. The van der Waals surface area contributed by atoms with Gasteiger partial charge in [-0.15, -0.1) is 0 Å². The van der Waals surface area contributed by atoms with E-state index in [1.807, 2.05) is 24.4 Å². The molecule has 1 saturated heterocycles. The molecule has 0 N–H and O–H groups in total. The number of aryl methyl sites for hydroxylation is 1. The van der Waals surface area contributed by atoms with Gasteiger partial charge in [-0.3, -0.25) is 4.79 Å². The number of benzene rings is 1. The molecule has 2 aliphatic carbocycles.